The van der Waals surface area contributed by atoms with Gasteiger partial charge in [0.1, 0.15) is 10.2 Å². The zero-order valence-corrected chi connectivity index (χ0v) is 10.6. The number of aromatic carboxylic acids is 1. The maximum Gasteiger partial charge on any atom is 0.341 e. The van der Waals surface area contributed by atoms with Crippen LogP contribution in [-0.2, 0) is 6.54 Å². The third kappa shape index (κ3) is 1.95. The van der Waals surface area contributed by atoms with Crippen LogP contribution in [0.2, 0.25) is 0 Å². The van der Waals surface area contributed by atoms with Crippen molar-refractivity contribution in [1.29, 1.82) is 0 Å². The molecule has 0 bridgehead atoms. The largest absolute Gasteiger partial charge is 0.477 e. The summed E-state index contributed by atoms with van der Waals surface area (Å²) in [7, 11) is 0. The molecule has 17 heavy (non-hydrogen) atoms. The molecule has 6 heteroatoms. The molecule has 0 unspecified atom stereocenters. The Morgan fingerprint density at radius 2 is 2.29 bits per heavy atom. The molecule has 5 nitrogen and oxygen atoms in total. The molecule has 0 amide bonds. The molecule has 0 atom stereocenters. The first-order valence-corrected chi connectivity index (χ1v) is 5.76. The molecule has 88 valence electrons. The molecular weight excluding hydrogens is 288 g/mol. The van der Waals surface area contributed by atoms with E-state index in [1.165, 1.54) is 12.4 Å². The van der Waals surface area contributed by atoms with Crippen LogP contribution in [0.4, 0.5) is 0 Å². The van der Waals surface area contributed by atoms with Gasteiger partial charge in [-0.05, 0) is 28.9 Å². The molecule has 0 aliphatic heterocycles. The van der Waals surface area contributed by atoms with Crippen LogP contribution in [0.15, 0.2) is 27.9 Å². The Kier molecular flexibility index (Phi) is 2.97. The molecule has 0 radical (unpaired) electrons. The van der Waals surface area contributed by atoms with Gasteiger partial charge in [0.05, 0.1) is 10.9 Å². The predicted molar refractivity (Wildman–Crippen MR) is 66.3 cm³/mol. The highest BCUT2D eigenvalue weighted by atomic mass is 79.9. The molecule has 2 aromatic heterocycles. The van der Waals surface area contributed by atoms with Gasteiger partial charge in [0, 0.05) is 18.9 Å². The summed E-state index contributed by atoms with van der Waals surface area (Å²) in [6.07, 6.45) is 2.75. The second kappa shape index (κ2) is 4.29. The highest BCUT2D eigenvalue weighted by Gasteiger charge is 2.14. The summed E-state index contributed by atoms with van der Waals surface area (Å²) in [5, 5.41) is 9.27. The molecule has 0 saturated carbocycles. The minimum Gasteiger partial charge on any atom is -0.477 e. The van der Waals surface area contributed by atoms with Crippen molar-refractivity contribution in [3.8, 4) is 0 Å². The first-order valence-electron chi connectivity index (χ1n) is 4.96. The van der Waals surface area contributed by atoms with Crippen molar-refractivity contribution in [2.75, 3.05) is 0 Å². The van der Waals surface area contributed by atoms with Gasteiger partial charge in [0.25, 0.3) is 0 Å². The average molecular weight is 297 g/mol. The van der Waals surface area contributed by atoms with Crippen LogP contribution in [0, 0.1) is 0 Å². The summed E-state index contributed by atoms with van der Waals surface area (Å²) < 4.78 is 2.32. The van der Waals surface area contributed by atoms with Crippen LogP contribution < -0.4 is 5.43 Å². The van der Waals surface area contributed by atoms with Gasteiger partial charge in [-0.2, -0.15) is 0 Å². The molecule has 0 fully saturated rings. The molecular formula is C11H9BrN2O3. The van der Waals surface area contributed by atoms with Gasteiger partial charge in [0.15, 0.2) is 0 Å². The van der Waals surface area contributed by atoms with Crippen LogP contribution >= 0.6 is 15.9 Å². The van der Waals surface area contributed by atoms with Crippen LogP contribution in [0.1, 0.15) is 17.3 Å². The number of rotatable bonds is 2. The number of hydrogen-bond acceptors (Lipinski definition) is 3. The minimum atomic E-state index is -1.22. The Labute approximate surface area is 105 Å². The number of nitrogens with zero attached hydrogens (tertiary/aromatic N) is 2. The lowest BCUT2D eigenvalue weighted by molar-refractivity contribution is 0.0695. The lowest BCUT2D eigenvalue weighted by Crippen LogP contribution is -2.18. The Morgan fingerprint density at radius 3 is 2.88 bits per heavy atom. The normalized spacial score (nSPS) is 10.7. The van der Waals surface area contributed by atoms with Gasteiger partial charge in [-0.25, -0.2) is 9.78 Å². The van der Waals surface area contributed by atoms with Crippen LogP contribution in [-0.4, -0.2) is 20.6 Å². The second-order valence-corrected chi connectivity index (χ2v) is 4.30. The minimum absolute atomic E-state index is 0.233. The maximum absolute atomic E-state index is 11.9. The van der Waals surface area contributed by atoms with Crippen molar-refractivity contribution in [2.45, 2.75) is 13.5 Å². The highest BCUT2D eigenvalue weighted by Crippen LogP contribution is 2.15. The van der Waals surface area contributed by atoms with E-state index in [0.29, 0.717) is 22.1 Å². The molecule has 0 aliphatic rings. The summed E-state index contributed by atoms with van der Waals surface area (Å²) >= 11 is 3.22. The maximum atomic E-state index is 11.9. The predicted octanol–water partition coefficient (Wildman–Crippen LogP) is 1.88. The van der Waals surface area contributed by atoms with Gasteiger partial charge < -0.3 is 9.67 Å². The van der Waals surface area contributed by atoms with Crippen molar-refractivity contribution >= 4 is 32.8 Å². The summed E-state index contributed by atoms with van der Waals surface area (Å²) in [5.41, 5.74) is -0.0648. The van der Waals surface area contributed by atoms with E-state index in [4.69, 9.17) is 5.11 Å². The monoisotopic (exact) mass is 296 g/mol. The average Bonchev–Trinajstić information content (AvgIpc) is 2.29. The summed E-state index contributed by atoms with van der Waals surface area (Å²) in [6.45, 7) is 2.46. The number of pyridine rings is 2. The molecule has 1 N–H and O–H groups in total. The van der Waals surface area contributed by atoms with E-state index in [2.05, 4.69) is 20.9 Å². The van der Waals surface area contributed by atoms with E-state index >= 15 is 0 Å². The van der Waals surface area contributed by atoms with E-state index in [-0.39, 0.29) is 5.56 Å². The number of carbonyl (C=O) groups is 1. The fourth-order valence-corrected chi connectivity index (χ4v) is 2.00. The SMILES string of the molecule is CCn1cc(C(=O)O)c(=O)c2cnc(Br)cc21. The lowest BCUT2D eigenvalue weighted by atomic mass is 10.2. The van der Waals surface area contributed by atoms with E-state index in [0.717, 1.165) is 0 Å². The second-order valence-electron chi connectivity index (χ2n) is 3.49. The number of aryl methyl sites for hydroxylation is 1. The number of carboxylic acids is 1. The zero-order valence-electron chi connectivity index (χ0n) is 8.98. The zero-order chi connectivity index (χ0) is 12.6. The Morgan fingerprint density at radius 1 is 1.59 bits per heavy atom. The smallest absolute Gasteiger partial charge is 0.341 e. The van der Waals surface area contributed by atoms with Crippen LogP contribution in [0.5, 0.6) is 0 Å². The van der Waals surface area contributed by atoms with Crippen molar-refractivity contribution < 1.29 is 9.90 Å². The number of halogens is 1. The topological polar surface area (TPSA) is 72.2 Å². The first kappa shape index (κ1) is 11.8. The molecule has 0 aliphatic carbocycles. The first-order chi connectivity index (χ1) is 8.04. The lowest BCUT2D eigenvalue weighted by Gasteiger charge is -2.09. The fourth-order valence-electron chi connectivity index (χ4n) is 1.68. The Bertz CT molecular complexity index is 664. The Balaban J connectivity index is 2.95. The summed E-state index contributed by atoms with van der Waals surface area (Å²) in [4.78, 5) is 26.8. The number of hydrogen-bond donors (Lipinski definition) is 1. The number of carboxylic acid groups (broad SMARTS) is 1. The highest BCUT2D eigenvalue weighted by molar-refractivity contribution is 9.10. The molecule has 2 heterocycles. The van der Waals surface area contributed by atoms with Crippen molar-refractivity contribution in [1.82, 2.24) is 9.55 Å². The van der Waals surface area contributed by atoms with Crippen molar-refractivity contribution in [2.24, 2.45) is 0 Å². The standard InChI is InChI=1S/C11H9BrN2O3/c1-2-14-5-7(11(16)17)10(15)6-4-13-9(12)3-8(6)14/h3-5H,2H2,1H3,(H,16,17). The third-order valence-electron chi connectivity index (χ3n) is 2.50. The number of fused-ring (bicyclic) bond motifs is 1. The van der Waals surface area contributed by atoms with Gasteiger partial charge in [-0.1, -0.05) is 0 Å². The van der Waals surface area contributed by atoms with E-state index in [1.807, 2.05) is 6.92 Å². The molecule has 2 rings (SSSR count). The van der Waals surface area contributed by atoms with Crippen molar-refractivity contribution in [3.63, 3.8) is 0 Å². The van der Waals surface area contributed by atoms with Crippen LogP contribution in [0.3, 0.4) is 0 Å². The molecule has 2 aromatic rings. The van der Waals surface area contributed by atoms with Gasteiger partial charge in [-0.15, -0.1) is 0 Å². The van der Waals surface area contributed by atoms with Gasteiger partial charge in [-0.3, -0.25) is 4.79 Å². The summed E-state index contributed by atoms with van der Waals surface area (Å²) in [5.74, 6) is -1.22. The third-order valence-corrected chi connectivity index (χ3v) is 2.94. The Hall–Kier alpha value is -1.69. The number of aromatic nitrogens is 2. The quantitative estimate of drug-likeness (QED) is 0.859. The van der Waals surface area contributed by atoms with Gasteiger partial charge >= 0.3 is 5.97 Å². The molecule has 0 saturated heterocycles. The van der Waals surface area contributed by atoms with E-state index in [1.54, 1.807) is 10.6 Å². The molecule has 0 aromatic carbocycles. The van der Waals surface area contributed by atoms with Gasteiger partial charge in [0.2, 0.25) is 5.43 Å². The summed E-state index contributed by atoms with van der Waals surface area (Å²) in [6, 6.07) is 1.70. The van der Waals surface area contributed by atoms with E-state index in [9.17, 15) is 9.59 Å². The fraction of sp³-hybridized carbons (Fsp3) is 0.182. The van der Waals surface area contributed by atoms with E-state index < -0.39 is 11.4 Å². The van der Waals surface area contributed by atoms with Crippen LogP contribution in [0.25, 0.3) is 10.9 Å². The molecule has 0 spiro atoms. The van der Waals surface area contributed by atoms with Crippen molar-refractivity contribution in [3.05, 3.63) is 38.9 Å².